The van der Waals surface area contributed by atoms with Crippen molar-refractivity contribution in [2.45, 2.75) is 70.8 Å². The fourth-order valence-corrected chi connectivity index (χ4v) is 2.09. The molecule has 140 valence electrons. The van der Waals surface area contributed by atoms with Crippen LogP contribution in [0.15, 0.2) is 60.8 Å². The minimum absolute atomic E-state index is 0.198. The van der Waals surface area contributed by atoms with Crippen LogP contribution in [0.1, 0.15) is 64.7 Å². The van der Waals surface area contributed by atoms with E-state index in [9.17, 15) is 9.90 Å². The summed E-state index contributed by atoms with van der Waals surface area (Å²) in [5, 5.41) is 18.2. The molecule has 0 rings (SSSR count). The second-order valence-electron chi connectivity index (χ2n) is 5.93. The fraction of sp³-hybridized carbons (Fsp3) is 0.500. The monoisotopic (exact) mass is 346 g/mol. The van der Waals surface area contributed by atoms with Crippen LogP contribution in [0.25, 0.3) is 0 Å². The molecule has 25 heavy (non-hydrogen) atoms. The zero-order chi connectivity index (χ0) is 18.6. The lowest BCUT2D eigenvalue weighted by Gasteiger charge is -2.02. The van der Waals surface area contributed by atoms with E-state index in [1.54, 1.807) is 0 Å². The number of hydrogen-bond acceptors (Lipinski definition) is 2. The van der Waals surface area contributed by atoms with Crippen molar-refractivity contribution in [3.63, 3.8) is 0 Å². The number of carboxylic acid groups (broad SMARTS) is 1. The quantitative estimate of drug-likeness (QED) is 0.226. The maximum atomic E-state index is 10.3. The Bertz CT molecular complexity index is 456. The van der Waals surface area contributed by atoms with E-state index in [1.807, 2.05) is 30.4 Å². The summed E-state index contributed by atoms with van der Waals surface area (Å²) in [4.78, 5) is 10.3. The molecule has 1 unspecified atom stereocenters. The third-order valence-corrected chi connectivity index (χ3v) is 3.53. The molecule has 2 N–H and O–H groups in total. The van der Waals surface area contributed by atoms with Crippen molar-refractivity contribution in [3.8, 4) is 0 Å². The molecule has 3 nitrogen and oxygen atoms in total. The van der Waals surface area contributed by atoms with Gasteiger partial charge >= 0.3 is 5.97 Å². The van der Waals surface area contributed by atoms with Crippen LogP contribution in [0.2, 0.25) is 0 Å². The molecule has 0 aromatic rings. The van der Waals surface area contributed by atoms with Crippen LogP contribution in [0.3, 0.4) is 0 Å². The number of allylic oxidation sites excluding steroid dienone is 9. The van der Waals surface area contributed by atoms with Gasteiger partial charge in [-0.05, 0) is 32.1 Å². The van der Waals surface area contributed by atoms with Crippen LogP contribution in [0.5, 0.6) is 0 Å². The van der Waals surface area contributed by atoms with Gasteiger partial charge in [-0.15, -0.1) is 0 Å². The van der Waals surface area contributed by atoms with E-state index in [-0.39, 0.29) is 12.5 Å². The van der Waals surface area contributed by atoms with Gasteiger partial charge in [-0.3, -0.25) is 4.79 Å². The largest absolute Gasteiger partial charge is 0.481 e. The van der Waals surface area contributed by atoms with E-state index in [1.165, 1.54) is 12.8 Å². The van der Waals surface area contributed by atoms with Crippen molar-refractivity contribution in [2.24, 2.45) is 0 Å². The molecule has 0 bridgehead atoms. The van der Waals surface area contributed by atoms with Crippen molar-refractivity contribution >= 4 is 5.97 Å². The lowest BCUT2D eigenvalue weighted by atomic mass is 10.1. The van der Waals surface area contributed by atoms with Crippen molar-refractivity contribution < 1.29 is 15.0 Å². The van der Waals surface area contributed by atoms with Crippen LogP contribution >= 0.6 is 0 Å². The summed E-state index contributed by atoms with van der Waals surface area (Å²) >= 11 is 0. The summed E-state index contributed by atoms with van der Waals surface area (Å²) in [6.07, 6.45) is 27.6. The Morgan fingerprint density at radius 2 is 1.48 bits per heavy atom. The van der Waals surface area contributed by atoms with Gasteiger partial charge in [0.05, 0.1) is 6.10 Å². The Hall–Kier alpha value is -1.87. The van der Waals surface area contributed by atoms with Crippen molar-refractivity contribution in [3.05, 3.63) is 60.8 Å². The summed E-state index contributed by atoms with van der Waals surface area (Å²) in [6, 6.07) is 0. The van der Waals surface area contributed by atoms with E-state index in [2.05, 4.69) is 37.3 Å². The first-order chi connectivity index (χ1) is 12.2. The molecule has 0 amide bonds. The van der Waals surface area contributed by atoms with E-state index in [0.717, 1.165) is 32.1 Å². The standard InChI is InChI=1S/C22H34O3/c1-2-3-15-18-21(23)19-16-13-11-9-7-5-4-6-8-10-12-14-17-20-22(24)25/h5-8,11-14,16,19,21,23H,2-4,9-10,15,17-18,20H2,1H3,(H,24,25)/b7-5+,8-6+,13-11+,14-12+,19-16+. The summed E-state index contributed by atoms with van der Waals surface area (Å²) < 4.78 is 0. The Labute approximate surface area is 153 Å². The molecule has 0 aliphatic heterocycles. The molecule has 1 atom stereocenters. The Balaban J connectivity index is 3.61. The molecular formula is C22H34O3. The molecule has 0 aliphatic carbocycles. The topological polar surface area (TPSA) is 57.5 Å². The number of carboxylic acids is 1. The average molecular weight is 347 g/mol. The van der Waals surface area contributed by atoms with Gasteiger partial charge < -0.3 is 10.2 Å². The lowest BCUT2D eigenvalue weighted by molar-refractivity contribution is -0.136. The van der Waals surface area contributed by atoms with Gasteiger partial charge in [0, 0.05) is 6.42 Å². The van der Waals surface area contributed by atoms with Gasteiger partial charge in [0.1, 0.15) is 0 Å². The second kappa shape index (κ2) is 18.5. The highest BCUT2D eigenvalue weighted by molar-refractivity contribution is 5.66. The zero-order valence-electron chi connectivity index (χ0n) is 15.5. The molecule has 0 radical (unpaired) electrons. The van der Waals surface area contributed by atoms with E-state index >= 15 is 0 Å². The number of aliphatic hydroxyl groups is 1. The van der Waals surface area contributed by atoms with E-state index < -0.39 is 5.97 Å². The highest BCUT2D eigenvalue weighted by Gasteiger charge is 1.96. The number of unbranched alkanes of at least 4 members (excludes halogenated alkanes) is 2. The van der Waals surface area contributed by atoms with E-state index in [4.69, 9.17) is 5.11 Å². The van der Waals surface area contributed by atoms with Crippen LogP contribution in [0.4, 0.5) is 0 Å². The van der Waals surface area contributed by atoms with Gasteiger partial charge in [-0.25, -0.2) is 0 Å². The van der Waals surface area contributed by atoms with Crippen LogP contribution in [-0.4, -0.2) is 22.3 Å². The first-order valence-corrected chi connectivity index (χ1v) is 9.35. The Morgan fingerprint density at radius 3 is 2.08 bits per heavy atom. The number of aliphatic carboxylic acids is 1. The maximum absolute atomic E-state index is 10.3. The molecule has 0 fully saturated rings. The second-order valence-corrected chi connectivity index (χ2v) is 5.93. The normalized spacial score (nSPS) is 14.0. The summed E-state index contributed by atoms with van der Waals surface area (Å²) in [7, 11) is 0. The summed E-state index contributed by atoms with van der Waals surface area (Å²) in [5.74, 6) is -0.752. The molecule has 0 heterocycles. The highest BCUT2D eigenvalue weighted by atomic mass is 16.4. The number of carbonyl (C=O) groups is 1. The molecule has 3 heteroatoms. The smallest absolute Gasteiger partial charge is 0.303 e. The molecule has 0 saturated carbocycles. The first-order valence-electron chi connectivity index (χ1n) is 9.35. The zero-order valence-corrected chi connectivity index (χ0v) is 15.5. The van der Waals surface area contributed by atoms with Crippen LogP contribution in [0, 0.1) is 0 Å². The third-order valence-electron chi connectivity index (χ3n) is 3.53. The molecular weight excluding hydrogens is 312 g/mol. The first kappa shape index (κ1) is 23.1. The van der Waals surface area contributed by atoms with E-state index in [0.29, 0.717) is 6.42 Å². The minimum atomic E-state index is -0.752. The van der Waals surface area contributed by atoms with Crippen LogP contribution in [-0.2, 0) is 4.79 Å². The highest BCUT2D eigenvalue weighted by Crippen LogP contribution is 2.04. The van der Waals surface area contributed by atoms with Crippen molar-refractivity contribution in [1.82, 2.24) is 0 Å². The molecule has 0 aliphatic rings. The molecule has 0 saturated heterocycles. The number of aliphatic hydroxyl groups excluding tert-OH is 1. The van der Waals surface area contributed by atoms with Crippen molar-refractivity contribution in [2.75, 3.05) is 0 Å². The minimum Gasteiger partial charge on any atom is -0.481 e. The van der Waals surface area contributed by atoms with Crippen LogP contribution < -0.4 is 0 Å². The summed E-state index contributed by atoms with van der Waals surface area (Å²) in [5.41, 5.74) is 0. The van der Waals surface area contributed by atoms with Gasteiger partial charge in [0.15, 0.2) is 0 Å². The fourth-order valence-electron chi connectivity index (χ4n) is 2.09. The van der Waals surface area contributed by atoms with Crippen molar-refractivity contribution in [1.29, 1.82) is 0 Å². The third kappa shape index (κ3) is 20.1. The van der Waals surface area contributed by atoms with Gasteiger partial charge in [0.2, 0.25) is 0 Å². The van der Waals surface area contributed by atoms with Gasteiger partial charge in [-0.1, -0.05) is 86.9 Å². The molecule has 0 spiro atoms. The Morgan fingerprint density at radius 1 is 0.880 bits per heavy atom. The molecule has 0 aromatic heterocycles. The van der Waals surface area contributed by atoms with Gasteiger partial charge in [-0.2, -0.15) is 0 Å². The van der Waals surface area contributed by atoms with Gasteiger partial charge in [0.25, 0.3) is 0 Å². The predicted molar refractivity (Wildman–Crippen MR) is 107 cm³/mol. The maximum Gasteiger partial charge on any atom is 0.303 e. The summed E-state index contributed by atoms with van der Waals surface area (Å²) in [6.45, 7) is 2.16. The lowest BCUT2D eigenvalue weighted by Crippen LogP contribution is -2.00. The molecule has 0 aromatic carbocycles. The Kier molecular flexibility index (Phi) is 17.1. The SMILES string of the molecule is CCCCCC(O)/C=C/C=C/C/C=C/C/C=C/C/C=C/CCC(=O)O. The number of hydrogen-bond donors (Lipinski definition) is 2. The average Bonchev–Trinajstić information content (AvgIpc) is 2.58. The number of rotatable bonds is 15. The predicted octanol–water partition coefficient (Wildman–Crippen LogP) is 5.74.